The van der Waals surface area contributed by atoms with Gasteiger partial charge in [-0.05, 0) is 24.6 Å². The number of aryl methyl sites for hydroxylation is 1. The molecule has 0 saturated carbocycles. The summed E-state index contributed by atoms with van der Waals surface area (Å²) in [5, 5.41) is 3.98. The maximum absolute atomic E-state index is 12.2. The van der Waals surface area contributed by atoms with E-state index in [0.29, 0.717) is 29.6 Å². The van der Waals surface area contributed by atoms with Crippen LogP contribution in [0.5, 0.6) is 11.5 Å². The molecular formula is C19H22N4O3. The fourth-order valence-electron chi connectivity index (χ4n) is 2.71. The highest BCUT2D eigenvalue weighted by Gasteiger charge is 2.09. The number of pyridine rings is 1. The van der Waals surface area contributed by atoms with Gasteiger partial charge in [0.25, 0.3) is 5.56 Å². The third-order valence-electron chi connectivity index (χ3n) is 4.10. The summed E-state index contributed by atoms with van der Waals surface area (Å²) in [5.41, 5.74) is 1.34. The van der Waals surface area contributed by atoms with E-state index in [1.165, 1.54) is 0 Å². The average Bonchev–Trinajstić information content (AvgIpc) is 2.67. The summed E-state index contributed by atoms with van der Waals surface area (Å²) in [6.07, 6.45) is 3.64. The summed E-state index contributed by atoms with van der Waals surface area (Å²) >= 11 is 0. The van der Waals surface area contributed by atoms with Crippen LogP contribution in [0.1, 0.15) is 19.8 Å². The molecule has 3 aromatic rings. The topological polar surface area (TPSA) is 78.3 Å². The average molecular weight is 354 g/mol. The minimum atomic E-state index is -0.0540. The molecule has 0 atom stereocenters. The lowest BCUT2D eigenvalue weighted by Crippen LogP contribution is -2.20. The molecule has 7 heteroatoms. The molecule has 0 unspecified atom stereocenters. The van der Waals surface area contributed by atoms with Gasteiger partial charge in [-0.1, -0.05) is 13.3 Å². The lowest BCUT2D eigenvalue weighted by atomic mass is 10.2. The summed E-state index contributed by atoms with van der Waals surface area (Å²) < 4.78 is 12.3. The molecule has 1 N–H and O–H groups in total. The Balaban J connectivity index is 1.97. The molecule has 0 radical (unpaired) electrons. The first-order chi connectivity index (χ1) is 12.7. The molecule has 7 nitrogen and oxygen atoms in total. The molecule has 2 aromatic heterocycles. The van der Waals surface area contributed by atoms with Crippen molar-refractivity contribution in [1.82, 2.24) is 14.5 Å². The highest BCUT2D eigenvalue weighted by Crippen LogP contribution is 2.30. The molecular weight excluding hydrogens is 332 g/mol. The predicted molar refractivity (Wildman–Crippen MR) is 102 cm³/mol. The molecule has 1 aromatic carbocycles. The number of ether oxygens (including phenoxy) is 2. The molecule has 0 fully saturated rings. The summed E-state index contributed by atoms with van der Waals surface area (Å²) in [5.74, 6) is 1.67. The van der Waals surface area contributed by atoms with Crippen LogP contribution in [0.25, 0.3) is 11.0 Å². The molecule has 0 aliphatic rings. The molecule has 0 aliphatic carbocycles. The maximum atomic E-state index is 12.2. The number of aromatic nitrogens is 3. The van der Waals surface area contributed by atoms with Crippen molar-refractivity contribution in [2.75, 3.05) is 19.5 Å². The Kier molecular flexibility index (Phi) is 5.36. The van der Waals surface area contributed by atoms with Gasteiger partial charge in [0.15, 0.2) is 11.5 Å². The van der Waals surface area contributed by atoms with Crippen molar-refractivity contribution in [2.45, 2.75) is 26.3 Å². The van der Waals surface area contributed by atoms with Crippen LogP contribution in [0.2, 0.25) is 0 Å². The van der Waals surface area contributed by atoms with Gasteiger partial charge in [-0.2, -0.15) is 4.98 Å². The lowest BCUT2D eigenvalue weighted by molar-refractivity contribution is 0.355. The monoisotopic (exact) mass is 354 g/mol. The van der Waals surface area contributed by atoms with E-state index >= 15 is 0 Å². The van der Waals surface area contributed by atoms with Gasteiger partial charge < -0.3 is 14.8 Å². The van der Waals surface area contributed by atoms with Crippen LogP contribution >= 0.6 is 0 Å². The van der Waals surface area contributed by atoms with E-state index in [4.69, 9.17) is 9.47 Å². The standard InChI is InChI=1S/C19H22N4O3/c1-4-5-10-23-17(24)9-6-13-12-20-19(22-18(13)23)21-14-7-8-15(25-2)16(11-14)26-3/h6-9,11-12H,4-5,10H2,1-3H3,(H,20,21,22). The molecule has 3 rings (SSSR count). The van der Waals surface area contributed by atoms with Crippen LogP contribution in [0, 0.1) is 0 Å². The van der Waals surface area contributed by atoms with Crippen molar-refractivity contribution in [3.8, 4) is 11.5 Å². The first kappa shape index (κ1) is 17.7. The van der Waals surface area contributed by atoms with Gasteiger partial charge in [0.1, 0.15) is 5.65 Å². The van der Waals surface area contributed by atoms with Crippen LogP contribution in [0.4, 0.5) is 11.6 Å². The summed E-state index contributed by atoms with van der Waals surface area (Å²) in [7, 11) is 3.17. The van der Waals surface area contributed by atoms with Crippen molar-refractivity contribution < 1.29 is 9.47 Å². The number of methoxy groups -OCH3 is 2. The van der Waals surface area contributed by atoms with Crippen molar-refractivity contribution in [2.24, 2.45) is 0 Å². The summed E-state index contributed by atoms with van der Waals surface area (Å²) in [6, 6.07) is 8.77. The Morgan fingerprint density at radius 1 is 1.12 bits per heavy atom. The number of benzene rings is 1. The first-order valence-electron chi connectivity index (χ1n) is 8.52. The van der Waals surface area contributed by atoms with E-state index in [1.807, 2.05) is 12.1 Å². The Morgan fingerprint density at radius 3 is 2.65 bits per heavy atom. The van der Waals surface area contributed by atoms with Crippen LogP contribution in [-0.4, -0.2) is 28.8 Å². The number of nitrogens with one attached hydrogen (secondary N) is 1. The second kappa shape index (κ2) is 7.86. The summed E-state index contributed by atoms with van der Waals surface area (Å²) in [6.45, 7) is 2.73. The van der Waals surface area contributed by atoms with Crippen molar-refractivity contribution in [3.05, 3.63) is 46.9 Å². The molecule has 26 heavy (non-hydrogen) atoms. The van der Waals surface area contributed by atoms with Gasteiger partial charge in [-0.25, -0.2) is 4.98 Å². The molecule has 0 amide bonds. The molecule has 0 saturated heterocycles. The van der Waals surface area contributed by atoms with Gasteiger partial charge >= 0.3 is 0 Å². The fourth-order valence-corrected chi connectivity index (χ4v) is 2.71. The van der Waals surface area contributed by atoms with Crippen LogP contribution < -0.4 is 20.3 Å². The smallest absolute Gasteiger partial charge is 0.252 e. The predicted octanol–water partition coefficient (Wildman–Crippen LogP) is 3.35. The number of hydrogen-bond acceptors (Lipinski definition) is 6. The molecule has 0 aliphatic heterocycles. The molecule has 0 bridgehead atoms. The molecule has 136 valence electrons. The minimum absolute atomic E-state index is 0.0540. The van der Waals surface area contributed by atoms with Crippen LogP contribution in [0.15, 0.2) is 41.3 Å². The van der Waals surface area contributed by atoms with E-state index in [0.717, 1.165) is 23.9 Å². The van der Waals surface area contributed by atoms with Crippen LogP contribution in [0.3, 0.4) is 0 Å². The van der Waals surface area contributed by atoms with E-state index in [2.05, 4.69) is 22.2 Å². The zero-order valence-electron chi connectivity index (χ0n) is 15.2. The summed E-state index contributed by atoms with van der Waals surface area (Å²) in [4.78, 5) is 21.1. The normalized spacial score (nSPS) is 10.7. The number of nitrogens with zero attached hydrogens (tertiary/aromatic N) is 3. The highest BCUT2D eigenvalue weighted by atomic mass is 16.5. The van der Waals surface area contributed by atoms with E-state index in [9.17, 15) is 4.79 Å². The maximum Gasteiger partial charge on any atom is 0.252 e. The first-order valence-corrected chi connectivity index (χ1v) is 8.52. The second-order valence-electron chi connectivity index (χ2n) is 5.84. The number of rotatable bonds is 7. The quantitative estimate of drug-likeness (QED) is 0.701. The Hall–Kier alpha value is -3.09. The number of anilines is 2. The Bertz CT molecular complexity index is 969. The zero-order chi connectivity index (χ0) is 18.5. The second-order valence-corrected chi connectivity index (χ2v) is 5.84. The largest absolute Gasteiger partial charge is 0.493 e. The SMILES string of the molecule is CCCCn1c(=O)ccc2cnc(Nc3ccc(OC)c(OC)c3)nc21. The van der Waals surface area contributed by atoms with E-state index < -0.39 is 0 Å². The lowest BCUT2D eigenvalue weighted by Gasteiger charge is -2.12. The van der Waals surface area contributed by atoms with E-state index in [1.54, 1.807) is 43.2 Å². The van der Waals surface area contributed by atoms with E-state index in [-0.39, 0.29) is 5.56 Å². The minimum Gasteiger partial charge on any atom is -0.493 e. The molecule has 0 spiro atoms. The molecule has 2 heterocycles. The van der Waals surface area contributed by atoms with Gasteiger partial charge in [-0.15, -0.1) is 0 Å². The van der Waals surface area contributed by atoms with Crippen molar-refractivity contribution >= 4 is 22.7 Å². The Labute approximate surface area is 151 Å². The van der Waals surface area contributed by atoms with Crippen molar-refractivity contribution in [1.29, 1.82) is 0 Å². The highest BCUT2D eigenvalue weighted by molar-refractivity contribution is 5.75. The van der Waals surface area contributed by atoms with Gasteiger partial charge in [0.05, 0.1) is 14.2 Å². The Morgan fingerprint density at radius 2 is 1.92 bits per heavy atom. The van der Waals surface area contributed by atoms with Crippen LogP contribution in [-0.2, 0) is 6.54 Å². The van der Waals surface area contributed by atoms with Gasteiger partial charge in [0.2, 0.25) is 5.95 Å². The van der Waals surface area contributed by atoms with Gasteiger partial charge in [-0.3, -0.25) is 9.36 Å². The van der Waals surface area contributed by atoms with Gasteiger partial charge in [0, 0.05) is 35.9 Å². The third-order valence-corrected chi connectivity index (χ3v) is 4.10. The third kappa shape index (κ3) is 3.61. The van der Waals surface area contributed by atoms with Crippen molar-refractivity contribution in [3.63, 3.8) is 0 Å². The zero-order valence-corrected chi connectivity index (χ0v) is 15.2. The number of fused-ring (bicyclic) bond motifs is 1. The number of hydrogen-bond donors (Lipinski definition) is 1. The number of unbranched alkanes of at least 4 members (excludes halogenated alkanes) is 1. The fraction of sp³-hybridized carbons (Fsp3) is 0.316.